The number of aromatic nitrogens is 3. The van der Waals surface area contributed by atoms with Crippen molar-refractivity contribution in [3.05, 3.63) is 77.0 Å². The van der Waals surface area contributed by atoms with E-state index in [1.807, 2.05) is 51.1 Å². The second kappa shape index (κ2) is 11.9. The van der Waals surface area contributed by atoms with Crippen LogP contribution in [0.15, 0.2) is 71.5 Å². The van der Waals surface area contributed by atoms with Gasteiger partial charge in [-0.25, -0.2) is 9.67 Å². The van der Waals surface area contributed by atoms with Crippen molar-refractivity contribution in [2.75, 3.05) is 13.7 Å². The Labute approximate surface area is 239 Å². The number of nitrogens with zero attached hydrogens (tertiary/aromatic N) is 3. The van der Waals surface area contributed by atoms with Gasteiger partial charge < -0.3 is 19.5 Å². The van der Waals surface area contributed by atoms with E-state index in [0.717, 1.165) is 21.1 Å². The Balaban J connectivity index is 1.71. The highest BCUT2D eigenvalue weighted by Gasteiger charge is 2.37. The van der Waals surface area contributed by atoms with E-state index in [9.17, 15) is 13.6 Å². The molecule has 1 N–H and O–H groups in total. The third-order valence-corrected chi connectivity index (χ3v) is 6.42. The molecule has 1 amide bonds. The predicted molar refractivity (Wildman–Crippen MR) is 151 cm³/mol. The molecule has 0 aliphatic rings. The summed E-state index contributed by atoms with van der Waals surface area (Å²) >= 11 is 3.49. The molecule has 2 aromatic heterocycles. The molecule has 0 radical (unpaired) electrons. The van der Waals surface area contributed by atoms with E-state index >= 15 is 0 Å². The first kappa shape index (κ1) is 29.4. The Morgan fingerprint density at radius 3 is 2.48 bits per heavy atom. The zero-order chi connectivity index (χ0) is 29.1. The summed E-state index contributed by atoms with van der Waals surface area (Å²) in [5, 5.41) is 7.75. The van der Waals surface area contributed by atoms with Crippen LogP contribution in [0.1, 0.15) is 39.4 Å². The summed E-state index contributed by atoms with van der Waals surface area (Å²) in [6.45, 7) is 5.96. The lowest BCUT2D eigenvalue weighted by molar-refractivity contribution is -0.146. The zero-order valence-corrected chi connectivity index (χ0v) is 24.4. The second-order valence-electron chi connectivity index (χ2n) is 10.3. The van der Waals surface area contributed by atoms with Gasteiger partial charge in [-0.2, -0.15) is 13.9 Å². The van der Waals surface area contributed by atoms with Crippen LogP contribution >= 0.6 is 15.9 Å². The van der Waals surface area contributed by atoms with Crippen LogP contribution in [-0.2, 0) is 9.53 Å². The van der Waals surface area contributed by atoms with E-state index in [2.05, 4.69) is 31.3 Å². The molecule has 212 valence electrons. The molecule has 0 aliphatic heterocycles. The molecular formula is C29H31BrF2N4O4. The van der Waals surface area contributed by atoms with Crippen LogP contribution in [0.2, 0.25) is 0 Å². The number of pyridine rings is 1. The van der Waals surface area contributed by atoms with E-state index in [4.69, 9.17) is 14.2 Å². The summed E-state index contributed by atoms with van der Waals surface area (Å²) in [5.41, 5.74) is 1.66. The van der Waals surface area contributed by atoms with Gasteiger partial charge in [0, 0.05) is 34.6 Å². The molecule has 0 spiro atoms. The lowest BCUT2D eigenvalue weighted by Gasteiger charge is -2.32. The quantitative estimate of drug-likeness (QED) is 0.226. The molecule has 0 fully saturated rings. The average molecular weight is 617 g/mol. The van der Waals surface area contributed by atoms with Crippen LogP contribution in [0.4, 0.5) is 8.78 Å². The van der Waals surface area contributed by atoms with Gasteiger partial charge in [-0.1, -0.05) is 22.0 Å². The van der Waals surface area contributed by atoms with Crippen LogP contribution < -0.4 is 14.8 Å². The molecule has 1 unspecified atom stereocenters. The van der Waals surface area contributed by atoms with Crippen molar-refractivity contribution in [1.29, 1.82) is 0 Å². The third kappa shape index (κ3) is 7.33. The minimum atomic E-state index is -3.59. The van der Waals surface area contributed by atoms with E-state index < -0.39 is 29.6 Å². The van der Waals surface area contributed by atoms with Crippen LogP contribution in [0, 0.1) is 0 Å². The van der Waals surface area contributed by atoms with E-state index in [1.165, 1.54) is 13.3 Å². The first-order chi connectivity index (χ1) is 18.8. The van der Waals surface area contributed by atoms with Crippen LogP contribution in [-0.4, -0.2) is 52.0 Å². The number of nitrogens with one attached hydrogen (secondary N) is 1. The van der Waals surface area contributed by atoms with Gasteiger partial charge in [0.2, 0.25) is 5.88 Å². The maximum atomic E-state index is 13.9. The maximum Gasteiger partial charge on any atom is 0.321 e. The van der Waals surface area contributed by atoms with Crippen molar-refractivity contribution in [1.82, 2.24) is 20.1 Å². The molecule has 2 heterocycles. The van der Waals surface area contributed by atoms with Gasteiger partial charge in [-0.05, 0) is 63.2 Å². The number of benzene rings is 2. The minimum Gasteiger partial charge on any atom is -0.483 e. The van der Waals surface area contributed by atoms with Crippen molar-refractivity contribution in [2.24, 2.45) is 0 Å². The SMILES string of the molecule is COc1ccc([C@@H](Oc2ccc3c(cnn3-c3cccc(Br)c3)c2)C(COC(C)(C)C)NC(=O)C(C)(F)F)cn1. The number of carbonyl (C=O) groups is 1. The molecular weight excluding hydrogens is 586 g/mol. The average Bonchev–Trinajstić information content (AvgIpc) is 3.32. The number of ether oxygens (including phenoxy) is 3. The normalized spacial score (nSPS) is 13.6. The highest BCUT2D eigenvalue weighted by molar-refractivity contribution is 9.10. The number of carbonyl (C=O) groups excluding carboxylic acids is 1. The van der Waals surface area contributed by atoms with Crippen LogP contribution in [0.3, 0.4) is 0 Å². The number of rotatable bonds is 10. The Kier molecular flexibility index (Phi) is 8.74. The predicted octanol–water partition coefficient (Wildman–Crippen LogP) is 6.27. The lowest BCUT2D eigenvalue weighted by atomic mass is 10.0. The molecule has 11 heteroatoms. The Bertz CT molecular complexity index is 1470. The number of hydrogen-bond donors (Lipinski definition) is 1. The first-order valence-electron chi connectivity index (χ1n) is 12.6. The van der Waals surface area contributed by atoms with Gasteiger partial charge in [0.1, 0.15) is 11.9 Å². The highest BCUT2D eigenvalue weighted by atomic mass is 79.9. The molecule has 0 bridgehead atoms. The number of amides is 1. The number of halogens is 3. The van der Waals surface area contributed by atoms with Crippen molar-refractivity contribution in [2.45, 2.75) is 51.4 Å². The largest absolute Gasteiger partial charge is 0.483 e. The van der Waals surface area contributed by atoms with E-state index in [0.29, 0.717) is 24.1 Å². The minimum absolute atomic E-state index is 0.0922. The fourth-order valence-electron chi connectivity index (χ4n) is 3.95. The Morgan fingerprint density at radius 2 is 1.85 bits per heavy atom. The van der Waals surface area contributed by atoms with E-state index in [-0.39, 0.29) is 6.61 Å². The van der Waals surface area contributed by atoms with Crippen molar-refractivity contribution in [3.63, 3.8) is 0 Å². The standard InChI is InChI=1S/C29H31BrF2N4O4/c1-28(2,3)39-17-23(35-27(37)29(4,31)32)26(18-9-12-25(38-5)33-15-18)40-22-10-11-24-19(13-22)16-34-36(24)21-8-6-7-20(30)14-21/h6-16,23,26H,17H2,1-5H3,(H,35,37)/t23?,26-/m1/s1. The monoisotopic (exact) mass is 616 g/mol. The van der Waals surface area contributed by atoms with Gasteiger partial charge in [0.15, 0.2) is 0 Å². The van der Waals surface area contributed by atoms with E-state index in [1.54, 1.807) is 35.1 Å². The van der Waals surface area contributed by atoms with Gasteiger partial charge in [-0.15, -0.1) is 0 Å². The van der Waals surface area contributed by atoms with Crippen molar-refractivity contribution < 1.29 is 27.8 Å². The molecule has 2 atom stereocenters. The lowest BCUT2D eigenvalue weighted by Crippen LogP contribution is -2.50. The summed E-state index contributed by atoms with van der Waals surface area (Å²) in [6.07, 6.45) is 2.31. The molecule has 0 aliphatic carbocycles. The number of alkyl halides is 2. The van der Waals surface area contributed by atoms with Crippen molar-refractivity contribution >= 4 is 32.7 Å². The van der Waals surface area contributed by atoms with Crippen LogP contribution in [0.25, 0.3) is 16.6 Å². The summed E-state index contributed by atoms with van der Waals surface area (Å²) < 4.78 is 48.1. The molecule has 0 saturated heterocycles. The molecule has 2 aromatic carbocycles. The highest BCUT2D eigenvalue weighted by Crippen LogP contribution is 2.31. The number of hydrogen-bond acceptors (Lipinski definition) is 6. The Hall–Kier alpha value is -3.57. The molecule has 4 rings (SSSR count). The summed E-state index contributed by atoms with van der Waals surface area (Å²) in [5.74, 6) is -4.21. The molecule has 40 heavy (non-hydrogen) atoms. The summed E-state index contributed by atoms with van der Waals surface area (Å²) in [4.78, 5) is 16.7. The molecule has 4 aromatic rings. The van der Waals surface area contributed by atoms with Crippen LogP contribution in [0.5, 0.6) is 11.6 Å². The second-order valence-corrected chi connectivity index (χ2v) is 11.2. The third-order valence-electron chi connectivity index (χ3n) is 5.93. The maximum absolute atomic E-state index is 13.9. The Morgan fingerprint density at radius 1 is 1.07 bits per heavy atom. The smallest absolute Gasteiger partial charge is 0.321 e. The summed E-state index contributed by atoms with van der Waals surface area (Å²) in [7, 11) is 1.49. The zero-order valence-electron chi connectivity index (χ0n) is 22.8. The fourth-order valence-corrected chi connectivity index (χ4v) is 4.33. The topological polar surface area (TPSA) is 87.5 Å². The van der Waals surface area contributed by atoms with Crippen molar-refractivity contribution in [3.8, 4) is 17.3 Å². The first-order valence-corrected chi connectivity index (χ1v) is 13.4. The van der Waals surface area contributed by atoms with Gasteiger partial charge >= 0.3 is 5.92 Å². The molecule has 0 saturated carbocycles. The number of fused-ring (bicyclic) bond motifs is 1. The fraction of sp³-hybridized carbons (Fsp3) is 0.345. The van der Waals surface area contributed by atoms with Gasteiger partial charge in [0.05, 0.1) is 42.8 Å². The van der Waals surface area contributed by atoms with Gasteiger partial charge in [0.25, 0.3) is 5.91 Å². The number of methoxy groups -OCH3 is 1. The van der Waals surface area contributed by atoms with Gasteiger partial charge in [-0.3, -0.25) is 4.79 Å². The summed E-state index contributed by atoms with van der Waals surface area (Å²) in [6, 6.07) is 15.5. The molecule has 8 nitrogen and oxygen atoms in total.